The van der Waals surface area contributed by atoms with Gasteiger partial charge in [-0.15, -0.1) is 0 Å². The second-order valence-corrected chi connectivity index (χ2v) is 6.65. The number of hydrogen-bond acceptors (Lipinski definition) is 3. The normalized spacial score (nSPS) is 12.3. The number of hydrogen-bond donors (Lipinski definition) is 3. The first kappa shape index (κ1) is 21.3. The van der Waals surface area contributed by atoms with Gasteiger partial charge in [0.25, 0.3) is 5.91 Å². The van der Waals surface area contributed by atoms with Crippen LogP contribution in [-0.2, 0) is 11.3 Å². The number of nitrogens with one attached hydrogen (secondary N) is 2. The highest BCUT2D eigenvalue weighted by atomic mass is 16.5. The van der Waals surface area contributed by atoms with Gasteiger partial charge in [-0.3, -0.25) is 4.79 Å². The fourth-order valence-electron chi connectivity index (χ4n) is 2.63. The molecule has 0 spiro atoms. The zero-order valence-corrected chi connectivity index (χ0v) is 16.9. The number of amides is 1. The van der Waals surface area contributed by atoms with Crippen LogP contribution in [0.4, 0.5) is 5.69 Å². The molecule has 2 aromatic carbocycles. The Balaban J connectivity index is 1.90. The summed E-state index contributed by atoms with van der Waals surface area (Å²) in [5.74, 6) is 1.39. The number of anilines is 1. The first-order valence-corrected chi connectivity index (χ1v) is 9.67. The number of nitrogens with two attached hydrogens (primary N) is 1. The minimum Gasteiger partial charge on any atom is -0.484 e. The molecule has 0 aliphatic rings. The second-order valence-electron chi connectivity index (χ2n) is 6.65. The molecule has 0 radical (unpaired) electrons. The van der Waals surface area contributed by atoms with E-state index in [0.717, 1.165) is 17.7 Å². The van der Waals surface area contributed by atoms with Gasteiger partial charge in [-0.1, -0.05) is 38.1 Å². The van der Waals surface area contributed by atoms with E-state index in [1.54, 1.807) is 0 Å². The van der Waals surface area contributed by atoms with Crippen LogP contribution >= 0.6 is 0 Å². The molecule has 6 nitrogen and oxygen atoms in total. The van der Waals surface area contributed by atoms with Gasteiger partial charge in [0.2, 0.25) is 0 Å². The molecule has 150 valence electrons. The predicted molar refractivity (Wildman–Crippen MR) is 115 cm³/mol. The average molecular weight is 383 g/mol. The third-order valence-corrected chi connectivity index (χ3v) is 4.44. The van der Waals surface area contributed by atoms with Gasteiger partial charge in [-0.05, 0) is 54.7 Å². The van der Waals surface area contributed by atoms with E-state index in [1.165, 1.54) is 5.56 Å². The summed E-state index contributed by atoms with van der Waals surface area (Å²) in [6.45, 7) is 7.27. The third kappa shape index (κ3) is 6.95. The molecule has 0 aliphatic heterocycles. The van der Waals surface area contributed by atoms with Crippen molar-refractivity contribution in [3.63, 3.8) is 0 Å². The Bertz CT molecular complexity index is 787. The molecule has 0 saturated heterocycles. The van der Waals surface area contributed by atoms with Crippen molar-refractivity contribution in [2.24, 2.45) is 10.7 Å². The number of likely N-dealkylation sites (N-methyl/N-ethyl adjacent to an activating group) is 1. The van der Waals surface area contributed by atoms with Crippen LogP contribution in [0.1, 0.15) is 44.2 Å². The Hall–Kier alpha value is -3.02. The summed E-state index contributed by atoms with van der Waals surface area (Å²) >= 11 is 0. The molecule has 2 aromatic rings. The van der Waals surface area contributed by atoms with Gasteiger partial charge in [0.05, 0.1) is 6.54 Å². The minimum absolute atomic E-state index is 0.00308. The van der Waals surface area contributed by atoms with E-state index < -0.39 is 0 Å². The molecule has 1 amide bonds. The number of carbonyl (C=O) groups is 1. The Kier molecular flexibility index (Phi) is 8.34. The lowest BCUT2D eigenvalue weighted by molar-refractivity contribution is -0.122. The van der Waals surface area contributed by atoms with Crippen LogP contribution in [0, 0.1) is 0 Å². The van der Waals surface area contributed by atoms with Crippen molar-refractivity contribution in [2.45, 2.75) is 39.7 Å². The van der Waals surface area contributed by atoms with E-state index in [4.69, 9.17) is 10.5 Å². The van der Waals surface area contributed by atoms with Gasteiger partial charge in [0, 0.05) is 12.2 Å². The molecule has 6 heteroatoms. The van der Waals surface area contributed by atoms with Crippen molar-refractivity contribution in [3.05, 3.63) is 59.7 Å². The van der Waals surface area contributed by atoms with Crippen molar-refractivity contribution in [1.29, 1.82) is 0 Å². The van der Waals surface area contributed by atoms with Crippen molar-refractivity contribution in [3.8, 4) is 5.75 Å². The first-order chi connectivity index (χ1) is 13.5. The van der Waals surface area contributed by atoms with Gasteiger partial charge >= 0.3 is 0 Å². The second kappa shape index (κ2) is 11.0. The maximum atomic E-state index is 11.5. The molecular formula is C22H30N4O2. The van der Waals surface area contributed by atoms with Crippen LogP contribution in [0.25, 0.3) is 0 Å². The number of aliphatic imine (C=N–C) groups is 1. The average Bonchev–Trinajstić information content (AvgIpc) is 2.71. The van der Waals surface area contributed by atoms with Crippen LogP contribution < -0.4 is 21.1 Å². The Morgan fingerprint density at radius 2 is 1.93 bits per heavy atom. The monoisotopic (exact) mass is 382 g/mol. The van der Waals surface area contributed by atoms with Crippen LogP contribution in [0.5, 0.6) is 5.75 Å². The van der Waals surface area contributed by atoms with Crippen LogP contribution in [0.3, 0.4) is 0 Å². The smallest absolute Gasteiger partial charge is 0.257 e. The van der Waals surface area contributed by atoms with Gasteiger partial charge in [-0.25, -0.2) is 4.99 Å². The van der Waals surface area contributed by atoms with E-state index >= 15 is 0 Å². The molecule has 0 aliphatic carbocycles. The lowest BCUT2D eigenvalue weighted by Gasteiger charge is -2.11. The quantitative estimate of drug-likeness (QED) is 0.456. The molecule has 0 heterocycles. The SMILES string of the molecule is CCNC(=O)COc1cccc(CN=C(N)Nc2ccc(C(C)CC)cc2)c1. The molecule has 4 N–H and O–H groups in total. The van der Waals surface area contributed by atoms with E-state index in [1.807, 2.05) is 43.3 Å². The third-order valence-electron chi connectivity index (χ3n) is 4.44. The molecule has 1 unspecified atom stereocenters. The van der Waals surface area contributed by atoms with Crippen LogP contribution in [0.15, 0.2) is 53.5 Å². The number of benzene rings is 2. The molecular weight excluding hydrogens is 352 g/mol. The summed E-state index contributed by atoms with van der Waals surface area (Å²) in [7, 11) is 0. The lowest BCUT2D eigenvalue weighted by Crippen LogP contribution is -2.28. The summed E-state index contributed by atoms with van der Waals surface area (Å²) in [6, 6.07) is 15.7. The number of carbonyl (C=O) groups excluding carboxylic acids is 1. The van der Waals surface area contributed by atoms with E-state index in [2.05, 4.69) is 41.6 Å². The summed E-state index contributed by atoms with van der Waals surface area (Å²) < 4.78 is 5.50. The molecule has 0 fully saturated rings. The zero-order chi connectivity index (χ0) is 20.4. The Morgan fingerprint density at radius 3 is 2.61 bits per heavy atom. The molecule has 2 rings (SSSR count). The number of nitrogens with zero attached hydrogens (tertiary/aromatic N) is 1. The van der Waals surface area contributed by atoms with Gasteiger partial charge in [0.15, 0.2) is 12.6 Å². The molecule has 28 heavy (non-hydrogen) atoms. The summed E-state index contributed by atoms with van der Waals surface area (Å²) in [5.41, 5.74) is 9.17. The number of guanidine groups is 1. The van der Waals surface area contributed by atoms with Crippen molar-refractivity contribution >= 4 is 17.6 Å². The fourth-order valence-corrected chi connectivity index (χ4v) is 2.63. The van der Waals surface area contributed by atoms with Crippen LogP contribution in [0.2, 0.25) is 0 Å². The summed E-state index contributed by atoms with van der Waals surface area (Å²) in [4.78, 5) is 15.9. The molecule has 0 bridgehead atoms. The number of ether oxygens (including phenoxy) is 1. The van der Waals surface area contributed by atoms with Crippen molar-refractivity contribution in [2.75, 3.05) is 18.5 Å². The topological polar surface area (TPSA) is 88.7 Å². The molecule has 0 saturated carbocycles. The Morgan fingerprint density at radius 1 is 1.18 bits per heavy atom. The maximum absolute atomic E-state index is 11.5. The van der Waals surface area contributed by atoms with E-state index in [9.17, 15) is 4.79 Å². The highest BCUT2D eigenvalue weighted by molar-refractivity contribution is 5.92. The minimum atomic E-state index is -0.140. The van der Waals surface area contributed by atoms with Gasteiger partial charge in [-0.2, -0.15) is 0 Å². The Labute approximate surface area is 167 Å². The number of rotatable bonds is 9. The van der Waals surface area contributed by atoms with Crippen molar-refractivity contribution in [1.82, 2.24) is 5.32 Å². The predicted octanol–water partition coefficient (Wildman–Crippen LogP) is 3.64. The maximum Gasteiger partial charge on any atom is 0.257 e. The standard InChI is InChI=1S/C22H30N4O2/c1-4-16(3)18-9-11-19(12-10-18)26-22(23)25-14-17-7-6-8-20(13-17)28-15-21(27)24-5-2/h6-13,16H,4-5,14-15H2,1-3H3,(H,24,27)(H3,23,25,26). The van der Waals surface area contributed by atoms with Crippen molar-refractivity contribution < 1.29 is 9.53 Å². The highest BCUT2D eigenvalue weighted by Gasteiger charge is 2.04. The summed E-state index contributed by atoms with van der Waals surface area (Å²) in [5, 5.41) is 5.80. The fraction of sp³-hybridized carbons (Fsp3) is 0.364. The highest BCUT2D eigenvalue weighted by Crippen LogP contribution is 2.20. The van der Waals surface area contributed by atoms with Gasteiger partial charge < -0.3 is 21.1 Å². The first-order valence-electron chi connectivity index (χ1n) is 9.67. The largest absolute Gasteiger partial charge is 0.484 e. The molecule has 0 aromatic heterocycles. The van der Waals surface area contributed by atoms with E-state index in [0.29, 0.717) is 30.7 Å². The zero-order valence-electron chi connectivity index (χ0n) is 16.9. The molecule has 1 atom stereocenters. The summed E-state index contributed by atoms with van der Waals surface area (Å²) in [6.07, 6.45) is 1.11. The van der Waals surface area contributed by atoms with Crippen LogP contribution in [-0.4, -0.2) is 25.0 Å². The van der Waals surface area contributed by atoms with Gasteiger partial charge in [0.1, 0.15) is 5.75 Å². The lowest BCUT2D eigenvalue weighted by atomic mass is 9.99. The van der Waals surface area contributed by atoms with E-state index in [-0.39, 0.29) is 12.5 Å².